The van der Waals surface area contributed by atoms with Gasteiger partial charge in [0.25, 0.3) is 0 Å². The maximum absolute atomic E-state index is 12.1. The van der Waals surface area contributed by atoms with E-state index in [4.69, 9.17) is 5.73 Å². The van der Waals surface area contributed by atoms with E-state index in [-0.39, 0.29) is 5.91 Å². The Morgan fingerprint density at radius 2 is 1.71 bits per heavy atom. The summed E-state index contributed by atoms with van der Waals surface area (Å²) in [7, 11) is 0. The summed E-state index contributed by atoms with van der Waals surface area (Å²) in [4.78, 5) is 12.1. The molecule has 3 heteroatoms. The van der Waals surface area contributed by atoms with Crippen molar-refractivity contribution < 1.29 is 4.79 Å². The SMILES string of the molecule is CCCc1ccc(NC(=O)[C@H](N)Cc2ccccc2)cc1. The van der Waals surface area contributed by atoms with Crippen LogP contribution in [0.15, 0.2) is 54.6 Å². The fraction of sp³-hybridized carbons (Fsp3) is 0.278. The second-order valence-corrected chi connectivity index (χ2v) is 5.23. The van der Waals surface area contributed by atoms with Crippen molar-refractivity contribution in [2.45, 2.75) is 32.2 Å². The minimum absolute atomic E-state index is 0.151. The molecule has 0 unspecified atom stereocenters. The molecule has 0 aliphatic heterocycles. The third-order valence-corrected chi connectivity index (χ3v) is 3.40. The van der Waals surface area contributed by atoms with Crippen LogP contribution in [0.4, 0.5) is 5.69 Å². The van der Waals surface area contributed by atoms with Gasteiger partial charge >= 0.3 is 0 Å². The van der Waals surface area contributed by atoms with E-state index in [0.29, 0.717) is 6.42 Å². The Morgan fingerprint density at radius 1 is 1.05 bits per heavy atom. The fourth-order valence-electron chi connectivity index (χ4n) is 2.24. The molecule has 0 fully saturated rings. The summed E-state index contributed by atoms with van der Waals surface area (Å²) in [5.74, 6) is -0.151. The summed E-state index contributed by atoms with van der Waals surface area (Å²) in [5.41, 5.74) is 9.11. The van der Waals surface area contributed by atoms with Crippen LogP contribution in [0.1, 0.15) is 24.5 Å². The van der Waals surface area contributed by atoms with Crippen LogP contribution in [-0.2, 0) is 17.6 Å². The zero-order valence-electron chi connectivity index (χ0n) is 12.4. The predicted molar refractivity (Wildman–Crippen MR) is 87.2 cm³/mol. The van der Waals surface area contributed by atoms with Gasteiger partial charge in [-0.15, -0.1) is 0 Å². The van der Waals surface area contributed by atoms with E-state index >= 15 is 0 Å². The molecule has 3 nitrogen and oxygen atoms in total. The molecular weight excluding hydrogens is 260 g/mol. The summed E-state index contributed by atoms with van der Waals surface area (Å²) in [6, 6.07) is 17.2. The number of carbonyl (C=O) groups is 1. The Kier molecular flexibility index (Phi) is 5.52. The van der Waals surface area contributed by atoms with Gasteiger partial charge in [0.1, 0.15) is 0 Å². The summed E-state index contributed by atoms with van der Waals surface area (Å²) >= 11 is 0. The highest BCUT2D eigenvalue weighted by Crippen LogP contribution is 2.12. The largest absolute Gasteiger partial charge is 0.325 e. The van der Waals surface area contributed by atoms with Crippen LogP contribution in [-0.4, -0.2) is 11.9 Å². The van der Waals surface area contributed by atoms with E-state index in [0.717, 1.165) is 24.1 Å². The van der Waals surface area contributed by atoms with Gasteiger partial charge in [0.15, 0.2) is 0 Å². The maximum atomic E-state index is 12.1. The molecule has 21 heavy (non-hydrogen) atoms. The zero-order chi connectivity index (χ0) is 15.1. The molecule has 1 amide bonds. The molecule has 0 radical (unpaired) electrons. The maximum Gasteiger partial charge on any atom is 0.241 e. The first-order valence-electron chi connectivity index (χ1n) is 7.38. The quantitative estimate of drug-likeness (QED) is 0.855. The molecular formula is C18H22N2O. The molecule has 0 bridgehead atoms. The second kappa shape index (κ2) is 7.60. The van der Waals surface area contributed by atoms with Crippen molar-refractivity contribution in [2.75, 3.05) is 5.32 Å². The standard InChI is InChI=1S/C18H22N2O/c1-2-6-14-9-11-16(12-10-14)20-18(21)17(19)13-15-7-4-3-5-8-15/h3-5,7-12,17H,2,6,13,19H2,1H3,(H,20,21)/t17-/m1/s1. The van der Waals surface area contributed by atoms with Crippen molar-refractivity contribution in [1.29, 1.82) is 0 Å². The van der Waals surface area contributed by atoms with Crippen LogP contribution in [0.5, 0.6) is 0 Å². The average Bonchev–Trinajstić information content (AvgIpc) is 2.50. The Morgan fingerprint density at radius 3 is 2.33 bits per heavy atom. The minimum atomic E-state index is -0.539. The number of anilines is 1. The van der Waals surface area contributed by atoms with Gasteiger partial charge in [-0.25, -0.2) is 0 Å². The number of hydrogen-bond acceptors (Lipinski definition) is 2. The third kappa shape index (κ3) is 4.72. The van der Waals surface area contributed by atoms with Crippen LogP contribution >= 0.6 is 0 Å². The van der Waals surface area contributed by atoms with E-state index in [1.54, 1.807) is 0 Å². The summed E-state index contributed by atoms with van der Waals surface area (Å²) in [6.07, 6.45) is 2.72. The lowest BCUT2D eigenvalue weighted by Crippen LogP contribution is -2.37. The van der Waals surface area contributed by atoms with E-state index < -0.39 is 6.04 Å². The number of nitrogens with two attached hydrogens (primary N) is 1. The molecule has 0 saturated heterocycles. The molecule has 2 rings (SSSR count). The number of rotatable bonds is 6. The van der Waals surface area contributed by atoms with Crippen molar-refractivity contribution in [3.05, 3.63) is 65.7 Å². The van der Waals surface area contributed by atoms with Crippen molar-refractivity contribution in [2.24, 2.45) is 5.73 Å². The molecule has 110 valence electrons. The van der Waals surface area contributed by atoms with Crippen molar-refractivity contribution in [1.82, 2.24) is 0 Å². The van der Waals surface area contributed by atoms with Gasteiger partial charge < -0.3 is 11.1 Å². The Hall–Kier alpha value is -2.13. The molecule has 0 spiro atoms. The molecule has 1 atom stereocenters. The van der Waals surface area contributed by atoms with E-state index in [1.807, 2.05) is 54.6 Å². The van der Waals surface area contributed by atoms with Crippen LogP contribution in [0.3, 0.4) is 0 Å². The van der Waals surface area contributed by atoms with Crippen LogP contribution in [0.25, 0.3) is 0 Å². The highest BCUT2D eigenvalue weighted by atomic mass is 16.2. The smallest absolute Gasteiger partial charge is 0.241 e. The number of benzene rings is 2. The number of nitrogens with one attached hydrogen (secondary N) is 1. The molecule has 2 aromatic carbocycles. The lowest BCUT2D eigenvalue weighted by molar-refractivity contribution is -0.117. The van der Waals surface area contributed by atoms with Gasteiger partial charge in [-0.3, -0.25) is 4.79 Å². The lowest BCUT2D eigenvalue weighted by Gasteiger charge is -2.12. The van der Waals surface area contributed by atoms with Gasteiger partial charge in [-0.05, 0) is 36.1 Å². The monoisotopic (exact) mass is 282 g/mol. The molecule has 0 aliphatic carbocycles. The first-order chi connectivity index (χ1) is 10.2. The molecule has 0 saturated carbocycles. The average molecular weight is 282 g/mol. The van der Waals surface area contributed by atoms with Crippen LogP contribution in [0.2, 0.25) is 0 Å². The summed E-state index contributed by atoms with van der Waals surface area (Å²) in [5, 5.41) is 2.87. The number of carbonyl (C=O) groups excluding carboxylic acids is 1. The normalized spacial score (nSPS) is 11.9. The topological polar surface area (TPSA) is 55.1 Å². The zero-order valence-corrected chi connectivity index (χ0v) is 12.4. The van der Waals surface area contributed by atoms with E-state index in [9.17, 15) is 4.79 Å². The van der Waals surface area contributed by atoms with Gasteiger partial charge in [0.05, 0.1) is 6.04 Å². The van der Waals surface area contributed by atoms with Crippen molar-refractivity contribution in [3.63, 3.8) is 0 Å². The first kappa shape index (κ1) is 15.3. The van der Waals surface area contributed by atoms with Crippen LogP contribution < -0.4 is 11.1 Å². The predicted octanol–water partition coefficient (Wildman–Crippen LogP) is 3.15. The molecule has 0 heterocycles. The van der Waals surface area contributed by atoms with E-state index in [2.05, 4.69) is 12.2 Å². The highest BCUT2D eigenvalue weighted by Gasteiger charge is 2.14. The van der Waals surface area contributed by atoms with Crippen molar-refractivity contribution in [3.8, 4) is 0 Å². The van der Waals surface area contributed by atoms with Crippen molar-refractivity contribution >= 4 is 11.6 Å². The number of amides is 1. The molecule has 0 aliphatic rings. The first-order valence-corrected chi connectivity index (χ1v) is 7.38. The fourth-order valence-corrected chi connectivity index (χ4v) is 2.24. The van der Waals surface area contributed by atoms with Crippen LogP contribution in [0, 0.1) is 0 Å². The Bertz CT molecular complexity index is 564. The van der Waals surface area contributed by atoms with Gasteiger partial charge in [0, 0.05) is 5.69 Å². The molecule has 0 aromatic heterocycles. The number of aryl methyl sites for hydroxylation is 1. The third-order valence-electron chi connectivity index (χ3n) is 3.40. The van der Waals surface area contributed by atoms with Gasteiger partial charge in [-0.1, -0.05) is 55.8 Å². The lowest BCUT2D eigenvalue weighted by atomic mass is 10.1. The highest BCUT2D eigenvalue weighted by molar-refractivity contribution is 5.94. The Labute approximate surface area is 126 Å². The Balaban J connectivity index is 1.91. The van der Waals surface area contributed by atoms with Gasteiger partial charge in [0.2, 0.25) is 5.91 Å². The number of hydrogen-bond donors (Lipinski definition) is 2. The second-order valence-electron chi connectivity index (χ2n) is 5.23. The molecule has 3 N–H and O–H groups in total. The summed E-state index contributed by atoms with van der Waals surface area (Å²) in [6.45, 7) is 2.15. The molecule has 2 aromatic rings. The van der Waals surface area contributed by atoms with E-state index in [1.165, 1.54) is 5.56 Å². The van der Waals surface area contributed by atoms with Gasteiger partial charge in [-0.2, -0.15) is 0 Å². The minimum Gasteiger partial charge on any atom is -0.325 e. The summed E-state index contributed by atoms with van der Waals surface area (Å²) < 4.78 is 0.